The molecule has 6 N–H and O–H groups in total. The quantitative estimate of drug-likeness (QED) is 0.115. The van der Waals surface area contributed by atoms with E-state index in [1.807, 2.05) is 0 Å². The lowest BCUT2D eigenvalue weighted by Gasteiger charge is -2.31. The van der Waals surface area contributed by atoms with Crippen LogP contribution in [0.1, 0.15) is 29.3 Å². The van der Waals surface area contributed by atoms with Crippen LogP contribution in [-0.2, 0) is 16.6 Å². The first-order chi connectivity index (χ1) is 13.8. The monoisotopic (exact) mass is 446 g/mol. The summed E-state index contributed by atoms with van der Waals surface area (Å²) in [5, 5.41) is 37.5. The van der Waals surface area contributed by atoms with Crippen LogP contribution in [0.3, 0.4) is 0 Å². The van der Waals surface area contributed by atoms with Gasteiger partial charge in [0, 0.05) is 11.8 Å². The molecule has 1 unspecified atom stereocenters. The van der Waals surface area contributed by atoms with Crippen LogP contribution in [0, 0.1) is 5.82 Å². The van der Waals surface area contributed by atoms with Crippen molar-refractivity contribution in [3.8, 4) is 0 Å². The second-order valence-electron chi connectivity index (χ2n) is 6.29. The van der Waals surface area contributed by atoms with Crippen molar-refractivity contribution >= 4 is 27.8 Å². The number of fused-ring (bicyclic) bond motifs is 1. The Labute approximate surface area is 169 Å². The van der Waals surface area contributed by atoms with Gasteiger partial charge in [-0.3, -0.25) is 0 Å². The van der Waals surface area contributed by atoms with Crippen LogP contribution >= 0.6 is 11.8 Å². The Hall–Kier alpha value is -2.26. The number of amidine groups is 1. The van der Waals surface area contributed by atoms with Gasteiger partial charge in [-0.05, 0) is 46.4 Å². The van der Waals surface area contributed by atoms with Gasteiger partial charge in [0.25, 0.3) is 10.2 Å². The number of halogens is 1. The van der Waals surface area contributed by atoms with E-state index in [4.69, 9.17) is 9.77 Å². The van der Waals surface area contributed by atoms with Gasteiger partial charge in [0.2, 0.25) is 0 Å². The van der Waals surface area contributed by atoms with Crippen LogP contribution in [0.2, 0.25) is 0 Å². The van der Waals surface area contributed by atoms with E-state index in [0.29, 0.717) is 17.2 Å². The maximum atomic E-state index is 13.4. The second-order valence-corrected chi connectivity index (χ2v) is 8.70. The Morgan fingerprint density at radius 1 is 1.48 bits per heavy atom. The van der Waals surface area contributed by atoms with Gasteiger partial charge in [-0.25, -0.2) is 14.2 Å². The molecule has 1 aromatic heterocycles. The highest BCUT2D eigenvalue weighted by atomic mass is 32.2. The van der Waals surface area contributed by atoms with E-state index >= 15 is 0 Å². The zero-order valence-electron chi connectivity index (χ0n) is 14.9. The number of aliphatic hydroxyl groups is 1. The van der Waals surface area contributed by atoms with E-state index in [1.165, 1.54) is 12.1 Å². The van der Waals surface area contributed by atoms with Crippen LogP contribution in [0.5, 0.6) is 0 Å². The van der Waals surface area contributed by atoms with Crippen molar-refractivity contribution < 1.29 is 27.8 Å². The number of nitrogens with one attached hydrogen (secondary N) is 2. The van der Waals surface area contributed by atoms with Crippen molar-refractivity contribution in [3.05, 3.63) is 40.8 Å². The highest BCUT2D eigenvalue weighted by Gasteiger charge is 2.29. The minimum absolute atomic E-state index is 0.00929. The number of benzene rings is 1. The smallest absolute Gasteiger partial charge is 0.274 e. The van der Waals surface area contributed by atoms with Crippen molar-refractivity contribution in [2.24, 2.45) is 10.3 Å². The Balaban J connectivity index is 1.61. The first-order valence-corrected chi connectivity index (χ1v) is 11.0. The standard InChI is InChI=1S/C15H19FN6O5S2/c16-9-2-1-8-5-12(11(8)6-9)18-14(19-24)13-15(21-27-20-13)28-4-3-10(7-23)22-29(17,25)26/h1-2,6,10,12,22-24H,3-5,7H2,(H,18,19)(H2,17,25,26)/t10-,12?/m0/s1. The summed E-state index contributed by atoms with van der Waals surface area (Å²) in [6.07, 6.45) is 0.873. The van der Waals surface area contributed by atoms with Gasteiger partial charge in [-0.15, -0.1) is 11.8 Å². The molecule has 0 saturated heterocycles. The number of rotatable bonds is 9. The van der Waals surface area contributed by atoms with Gasteiger partial charge in [-0.1, -0.05) is 11.2 Å². The summed E-state index contributed by atoms with van der Waals surface area (Å²) in [5.74, 6) is -0.0100. The Morgan fingerprint density at radius 3 is 2.97 bits per heavy atom. The van der Waals surface area contributed by atoms with E-state index in [0.717, 1.165) is 22.9 Å². The summed E-state index contributed by atoms with van der Waals surface area (Å²) in [7, 11) is -3.94. The van der Waals surface area contributed by atoms with Gasteiger partial charge in [0.15, 0.2) is 16.6 Å². The van der Waals surface area contributed by atoms with Crippen LogP contribution < -0.4 is 15.2 Å². The van der Waals surface area contributed by atoms with E-state index in [1.54, 1.807) is 6.07 Å². The highest BCUT2D eigenvalue weighted by Crippen LogP contribution is 2.34. The van der Waals surface area contributed by atoms with E-state index in [9.17, 15) is 23.1 Å². The second kappa shape index (κ2) is 9.04. The number of hydrogen-bond acceptors (Lipinski definition) is 9. The Bertz CT molecular complexity index is 999. The summed E-state index contributed by atoms with van der Waals surface area (Å²) in [5.41, 5.74) is 1.91. The van der Waals surface area contributed by atoms with Crippen molar-refractivity contribution in [2.75, 3.05) is 12.4 Å². The molecule has 0 fully saturated rings. The molecule has 0 radical (unpaired) electrons. The van der Waals surface area contributed by atoms with Crippen LogP contribution in [0.15, 0.2) is 33.0 Å². The fourth-order valence-electron chi connectivity index (χ4n) is 2.85. The molecule has 1 heterocycles. The predicted octanol–water partition coefficient (Wildman–Crippen LogP) is -0.132. The lowest BCUT2D eigenvalue weighted by molar-refractivity contribution is 0.254. The average molecular weight is 446 g/mol. The number of nitrogens with zero attached hydrogens (tertiary/aromatic N) is 3. The molecule has 1 aromatic carbocycles. The molecule has 0 amide bonds. The summed E-state index contributed by atoms with van der Waals surface area (Å²) in [4.78, 5) is 0. The SMILES string of the molecule is NS(=O)(=O)N[C@H](CO)CCSc1nonc1/C(=N/O)NC1Cc2ccc(F)cc21. The third-order valence-corrected chi connectivity index (χ3v) is 5.90. The van der Waals surface area contributed by atoms with E-state index < -0.39 is 22.9 Å². The maximum Gasteiger partial charge on any atom is 0.274 e. The number of aromatic nitrogens is 2. The zero-order chi connectivity index (χ0) is 21.0. The molecule has 1 aliphatic carbocycles. The van der Waals surface area contributed by atoms with Gasteiger partial charge in [0.05, 0.1) is 12.6 Å². The molecule has 11 nitrogen and oxygen atoms in total. The zero-order valence-corrected chi connectivity index (χ0v) is 16.6. The third-order valence-electron chi connectivity index (χ3n) is 4.26. The molecular formula is C15H19FN6O5S2. The highest BCUT2D eigenvalue weighted by molar-refractivity contribution is 7.99. The molecule has 0 spiro atoms. The number of aliphatic hydroxyl groups excluding tert-OH is 1. The molecule has 0 saturated carbocycles. The van der Waals surface area contributed by atoms with Gasteiger partial charge >= 0.3 is 0 Å². The maximum absolute atomic E-state index is 13.4. The van der Waals surface area contributed by atoms with Crippen LogP contribution in [0.4, 0.5) is 4.39 Å². The minimum Gasteiger partial charge on any atom is -0.409 e. The Kier molecular flexibility index (Phi) is 6.69. The van der Waals surface area contributed by atoms with Gasteiger partial charge in [-0.2, -0.15) is 13.1 Å². The number of oxime groups is 1. The predicted molar refractivity (Wildman–Crippen MR) is 101 cm³/mol. The van der Waals surface area contributed by atoms with Crippen molar-refractivity contribution in [3.63, 3.8) is 0 Å². The van der Waals surface area contributed by atoms with E-state index in [-0.39, 0.29) is 29.8 Å². The lowest BCUT2D eigenvalue weighted by Crippen LogP contribution is -2.41. The summed E-state index contributed by atoms with van der Waals surface area (Å²) in [6.45, 7) is -0.427. The fraction of sp³-hybridized carbons (Fsp3) is 0.400. The molecule has 0 bridgehead atoms. The van der Waals surface area contributed by atoms with Gasteiger partial charge in [0.1, 0.15) is 5.82 Å². The number of nitrogens with two attached hydrogens (primary N) is 1. The fourth-order valence-corrected chi connectivity index (χ4v) is 4.46. The summed E-state index contributed by atoms with van der Waals surface area (Å²) >= 11 is 1.16. The molecule has 2 aromatic rings. The topological polar surface area (TPSA) is 176 Å². The minimum atomic E-state index is -3.94. The molecule has 1 aliphatic rings. The third kappa shape index (κ3) is 5.42. The van der Waals surface area contributed by atoms with Crippen molar-refractivity contribution in [1.29, 1.82) is 0 Å². The largest absolute Gasteiger partial charge is 0.409 e. The van der Waals surface area contributed by atoms with Crippen LogP contribution in [-0.4, -0.2) is 53.3 Å². The van der Waals surface area contributed by atoms with Crippen molar-refractivity contribution in [1.82, 2.24) is 20.4 Å². The molecular weight excluding hydrogens is 427 g/mol. The number of hydrogen-bond donors (Lipinski definition) is 5. The summed E-state index contributed by atoms with van der Waals surface area (Å²) in [6, 6.07) is 3.49. The van der Waals surface area contributed by atoms with Crippen molar-refractivity contribution in [2.45, 2.75) is 30.0 Å². The molecule has 2 atom stereocenters. The van der Waals surface area contributed by atoms with Gasteiger partial charge < -0.3 is 15.6 Å². The molecule has 29 heavy (non-hydrogen) atoms. The lowest BCUT2D eigenvalue weighted by atomic mass is 9.83. The summed E-state index contributed by atoms with van der Waals surface area (Å²) < 4.78 is 42.4. The molecule has 14 heteroatoms. The molecule has 158 valence electrons. The van der Waals surface area contributed by atoms with Crippen LogP contribution in [0.25, 0.3) is 0 Å². The Morgan fingerprint density at radius 2 is 2.28 bits per heavy atom. The number of thioether (sulfide) groups is 1. The first-order valence-electron chi connectivity index (χ1n) is 8.44. The average Bonchev–Trinajstić information content (AvgIpc) is 3.11. The normalized spacial score (nSPS) is 17.5. The molecule has 0 aliphatic heterocycles. The first kappa shape index (κ1) is 21.4. The molecule has 3 rings (SSSR count). The van der Waals surface area contributed by atoms with E-state index in [2.05, 4.69) is 25.5 Å².